The van der Waals surface area contributed by atoms with Crippen molar-refractivity contribution in [2.45, 2.75) is 0 Å². The van der Waals surface area contributed by atoms with Crippen molar-refractivity contribution < 1.29 is 9.59 Å². The van der Waals surface area contributed by atoms with E-state index in [0.29, 0.717) is 21.2 Å². The van der Waals surface area contributed by atoms with Gasteiger partial charge in [-0.3, -0.25) is 9.59 Å². The first-order chi connectivity index (χ1) is 12.1. The number of hydrogen-bond acceptors (Lipinski definition) is 2. The summed E-state index contributed by atoms with van der Waals surface area (Å²) in [6, 6.07) is 23.2. The van der Waals surface area contributed by atoms with E-state index in [1.54, 1.807) is 42.5 Å². The molecule has 3 aromatic carbocycles. The number of benzene rings is 3. The Balaban J connectivity index is 1.91. The van der Waals surface area contributed by atoms with Gasteiger partial charge in [-0.25, -0.2) is 0 Å². The van der Waals surface area contributed by atoms with Crippen LogP contribution in [0, 0.1) is 11.8 Å². The van der Waals surface area contributed by atoms with Gasteiger partial charge in [0.15, 0.2) is 0 Å². The summed E-state index contributed by atoms with van der Waals surface area (Å²) in [5.74, 6) is 5.01. The van der Waals surface area contributed by atoms with Crippen LogP contribution in [0.3, 0.4) is 0 Å². The highest BCUT2D eigenvalue weighted by atomic mass is 79.9. The minimum absolute atomic E-state index is 0.320. The lowest BCUT2D eigenvalue weighted by Crippen LogP contribution is -2.14. The molecule has 0 amide bonds. The minimum Gasteiger partial charge on any atom is -0.285 e. The molecule has 3 heteroatoms. The van der Waals surface area contributed by atoms with E-state index in [1.165, 1.54) is 0 Å². The molecule has 0 aliphatic carbocycles. The first kappa shape index (κ1) is 16.9. The predicted molar refractivity (Wildman–Crippen MR) is 102 cm³/mol. The largest absolute Gasteiger partial charge is 0.285 e. The van der Waals surface area contributed by atoms with Crippen molar-refractivity contribution in [3.05, 3.63) is 106 Å². The third-order valence-electron chi connectivity index (χ3n) is 3.53. The molecule has 25 heavy (non-hydrogen) atoms. The van der Waals surface area contributed by atoms with Gasteiger partial charge in [0.25, 0.3) is 0 Å². The van der Waals surface area contributed by atoms with Crippen LogP contribution in [0.15, 0.2) is 83.3 Å². The standard InChI is InChI=1S/C22H13BrO2/c23-20-14-17(12-11-16-7-3-1-4-8-16)13-19(15-20)22(25)21(24)18-9-5-2-6-10-18/h1-10,13-15H. The van der Waals surface area contributed by atoms with Gasteiger partial charge < -0.3 is 0 Å². The van der Waals surface area contributed by atoms with Gasteiger partial charge in [-0.15, -0.1) is 0 Å². The van der Waals surface area contributed by atoms with Gasteiger partial charge in [-0.2, -0.15) is 0 Å². The highest BCUT2D eigenvalue weighted by molar-refractivity contribution is 9.10. The molecule has 0 unspecified atom stereocenters. The summed E-state index contributed by atoms with van der Waals surface area (Å²) in [5, 5.41) is 0. The second-order valence-corrected chi connectivity index (χ2v) is 6.28. The van der Waals surface area contributed by atoms with Crippen LogP contribution in [0.2, 0.25) is 0 Å². The van der Waals surface area contributed by atoms with Crippen molar-refractivity contribution in [3.8, 4) is 11.8 Å². The summed E-state index contributed by atoms with van der Waals surface area (Å²) in [7, 11) is 0. The van der Waals surface area contributed by atoms with E-state index >= 15 is 0 Å². The molecule has 3 rings (SSSR count). The molecule has 0 aliphatic heterocycles. The lowest BCUT2D eigenvalue weighted by Gasteiger charge is -2.03. The maximum atomic E-state index is 12.5. The fourth-order valence-corrected chi connectivity index (χ4v) is 2.80. The SMILES string of the molecule is O=C(C(=O)c1cc(Br)cc(C#Cc2ccccc2)c1)c1ccccc1. The van der Waals surface area contributed by atoms with Crippen LogP contribution in [0.1, 0.15) is 31.8 Å². The molecule has 0 heterocycles. The van der Waals surface area contributed by atoms with Gasteiger partial charge in [0, 0.05) is 26.7 Å². The van der Waals surface area contributed by atoms with E-state index in [1.807, 2.05) is 36.4 Å². The zero-order valence-corrected chi connectivity index (χ0v) is 14.8. The molecule has 120 valence electrons. The van der Waals surface area contributed by atoms with Gasteiger partial charge in [0.1, 0.15) is 0 Å². The van der Waals surface area contributed by atoms with Crippen LogP contribution < -0.4 is 0 Å². The number of rotatable bonds is 3. The molecule has 3 aromatic rings. The quantitative estimate of drug-likeness (QED) is 0.362. The van der Waals surface area contributed by atoms with Crippen molar-refractivity contribution in [1.29, 1.82) is 0 Å². The van der Waals surface area contributed by atoms with E-state index in [9.17, 15) is 9.59 Å². The first-order valence-corrected chi connectivity index (χ1v) is 8.44. The third-order valence-corrected chi connectivity index (χ3v) is 3.98. The predicted octanol–water partition coefficient (Wildman–Crippen LogP) is 4.91. The Morgan fingerprint density at radius 1 is 0.640 bits per heavy atom. The van der Waals surface area contributed by atoms with Crippen molar-refractivity contribution in [1.82, 2.24) is 0 Å². The van der Waals surface area contributed by atoms with Crippen LogP contribution in [-0.2, 0) is 0 Å². The van der Waals surface area contributed by atoms with Gasteiger partial charge in [-0.05, 0) is 30.3 Å². The fourth-order valence-electron chi connectivity index (χ4n) is 2.31. The molecule has 0 saturated carbocycles. The zero-order chi connectivity index (χ0) is 17.6. The molecule has 0 N–H and O–H groups in total. The molecule has 0 radical (unpaired) electrons. The molecular formula is C22H13BrO2. The van der Waals surface area contributed by atoms with E-state index < -0.39 is 11.6 Å². The van der Waals surface area contributed by atoms with Crippen molar-refractivity contribution >= 4 is 27.5 Å². The molecule has 0 atom stereocenters. The number of Topliss-reactive ketones (excluding diaryl/α,β-unsaturated/α-hetero) is 2. The molecule has 0 saturated heterocycles. The monoisotopic (exact) mass is 388 g/mol. The normalized spacial score (nSPS) is 9.80. The number of hydrogen-bond donors (Lipinski definition) is 0. The van der Waals surface area contributed by atoms with Crippen molar-refractivity contribution in [2.24, 2.45) is 0 Å². The lowest BCUT2D eigenvalue weighted by atomic mass is 10.00. The summed E-state index contributed by atoms with van der Waals surface area (Å²) in [6.07, 6.45) is 0. The Kier molecular flexibility index (Phi) is 5.23. The maximum Gasteiger partial charge on any atom is 0.233 e. The summed E-state index contributed by atoms with van der Waals surface area (Å²) < 4.78 is 0.705. The molecule has 0 aromatic heterocycles. The average molecular weight is 389 g/mol. The molecular weight excluding hydrogens is 376 g/mol. The highest BCUT2D eigenvalue weighted by Gasteiger charge is 2.18. The fraction of sp³-hybridized carbons (Fsp3) is 0. The van der Waals surface area contributed by atoms with Gasteiger partial charge in [-0.1, -0.05) is 76.3 Å². The average Bonchev–Trinajstić information content (AvgIpc) is 2.66. The lowest BCUT2D eigenvalue weighted by molar-refractivity contribution is 0.0817. The second kappa shape index (κ2) is 7.74. The van der Waals surface area contributed by atoms with Gasteiger partial charge >= 0.3 is 0 Å². The number of halogens is 1. The van der Waals surface area contributed by atoms with Crippen LogP contribution in [0.5, 0.6) is 0 Å². The van der Waals surface area contributed by atoms with E-state index in [-0.39, 0.29) is 0 Å². The van der Waals surface area contributed by atoms with Crippen LogP contribution in [0.4, 0.5) is 0 Å². The maximum absolute atomic E-state index is 12.5. The Labute approximate surface area is 154 Å². The summed E-state index contributed by atoms with van der Waals surface area (Å²) in [4.78, 5) is 24.9. The molecule has 0 aliphatic rings. The Hall–Kier alpha value is -2.96. The Morgan fingerprint density at radius 2 is 1.20 bits per heavy atom. The molecule has 2 nitrogen and oxygen atoms in total. The van der Waals surface area contributed by atoms with E-state index in [0.717, 1.165) is 5.56 Å². The highest BCUT2D eigenvalue weighted by Crippen LogP contribution is 2.17. The summed E-state index contributed by atoms with van der Waals surface area (Å²) in [5.41, 5.74) is 2.25. The second-order valence-electron chi connectivity index (χ2n) is 5.37. The third kappa shape index (κ3) is 4.32. The topological polar surface area (TPSA) is 34.1 Å². The molecule has 0 spiro atoms. The van der Waals surface area contributed by atoms with Crippen LogP contribution in [0.25, 0.3) is 0 Å². The van der Waals surface area contributed by atoms with Crippen molar-refractivity contribution in [3.63, 3.8) is 0 Å². The van der Waals surface area contributed by atoms with Gasteiger partial charge in [0.2, 0.25) is 11.6 Å². The van der Waals surface area contributed by atoms with Crippen molar-refractivity contribution in [2.75, 3.05) is 0 Å². The molecule has 0 fully saturated rings. The Bertz CT molecular complexity index is 981. The van der Waals surface area contributed by atoms with Crippen LogP contribution in [-0.4, -0.2) is 11.6 Å². The number of ketones is 2. The number of carbonyl (C=O) groups is 2. The smallest absolute Gasteiger partial charge is 0.233 e. The molecule has 0 bridgehead atoms. The first-order valence-electron chi connectivity index (χ1n) is 7.65. The van der Waals surface area contributed by atoms with Crippen LogP contribution >= 0.6 is 15.9 Å². The number of carbonyl (C=O) groups excluding carboxylic acids is 2. The summed E-state index contributed by atoms with van der Waals surface area (Å²) in [6.45, 7) is 0. The van der Waals surface area contributed by atoms with E-state index in [4.69, 9.17) is 0 Å². The summed E-state index contributed by atoms with van der Waals surface area (Å²) >= 11 is 3.38. The van der Waals surface area contributed by atoms with E-state index in [2.05, 4.69) is 27.8 Å². The Morgan fingerprint density at radius 3 is 1.88 bits per heavy atom. The van der Waals surface area contributed by atoms with Gasteiger partial charge in [0.05, 0.1) is 0 Å². The zero-order valence-electron chi connectivity index (χ0n) is 13.2. The minimum atomic E-state index is -0.546.